The van der Waals surface area contributed by atoms with Crippen LogP contribution in [0.4, 0.5) is 10.5 Å². The molecule has 0 saturated carbocycles. The molecule has 1 saturated heterocycles. The summed E-state index contributed by atoms with van der Waals surface area (Å²) in [6, 6.07) is 1.49. The minimum absolute atomic E-state index is 0.119. The molecule has 1 fully saturated rings. The van der Waals surface area contributed by atoms with Crippen LogP contribution in [0.1, 0.15) is 27.5 Å². The van der Waals surface area contributed by atoms with E-state index in [0.29, 0.717) is 16.5 Å². The number of likely N-dealkylation sites (tertiary alicyclic amines) is 1. The fourth-order valence-corrected chi connectivity index (χ4v) is 4.10. The molecule has 122 valence electrons. The number of nitrogens with two attached hydrogens (primary N) is 1. The number of hydrogen-bond donors (Lipinski definition) is 2. The third-order valence-electron chi connectivity index (χ3n) is 3.94. The van der Waals surface area contributed by atoms with Gasteiger partial charge in [-0.05, 0) is 24.8 Å². The van der Waals surface area contributed by atoms with Crippen molar-refractivity contribution >= 4 is 40.3 Å². The van der Waals surface area contributed by atoms with E-state index in [9.17, 15) is 9.59 Å². The molecule has 8 heteroatoms. The van der Waals surface area contributed by atoms with E-state index in [1.54, 1.807) is 22.8 Å². The van der Waals surface area contributed by atoms with E-state index in [4.69, 9.17) is 5.73 Å². The Morgan fingerprint density at radius 3 is 2.74 bits per heavy atom. The van der Waals surface area contributed by atoms with Gasteiger partial charge in [0.15, 0.2) is 0 Å². The molecule has 6 nitrogen and oxygen atoms in total. The first-order chi connectivity index (χ1) is 11.1. The molecule has 1 aliphatic heterocycles. The topological polar surface area (TPSA) is 88.3 Å². The Morgan fingerprint density at radius 1 is 1.35 bits per heavy atom. The van der Waals surface area contributed by atoms with Crippen molar-refractivity contribution in [2.75, 3.05) is 18.4 Å². The molecule has 3 amide bonds. The summed E-state index contributed by atoms with van der Waals surface area (Å²) in [6.07, 6.45) is 4.82. The van der Waals surface area contributed by atoms with Gasteiger partial charge in [0.1, 0.15) is 0 Å². The second kappa shape index (κ2) is 7.10. The lowest BCUT2D eigenvalue weighted by atomic mass is 9.94. The normalized spacial score (nSPS) is 15.6. The van der Waals surface area contributed by atoms with E-state index in [1.165, 1.54) is 16.3 Å². The Hall–Kier alpha value is -1.93. The zero-order valence-corrected chi connectivity index (χ0v) is 14.2. The second-order valence-electron chi connectivity index (χ2n) is 5.55. The van der Waals surface area contributed by atoms with Crippen molar-refractivity contribution in [2.45, 2.75) is 19.3 Å². The number of thiophene rings is 1. The molecule has 2 aromatic rings. The van der Waals surface area contributed by atoms with Gasteiger partial charge in [0.2, 0.25) is 0 Å². The SMILES string of the molecule is NC(=O)c1cc(NC(=O)N2CCC(Cc3nccs3)CC2)cs1. The molecule has 3 N–H and O–H groups in total. The van der Waals surface area contributed by atoms with Crippen molar-refractivity contribution in [1.29, 1.82) is 0 Å². The fourth-order valence-electron chi connectivity index (χ4n) is 2.67. The molecule has 0 atom stereocenters. The van der Waals surface area contributed by atoms with Crippen LogP contribution in [0.5, 0.6) is 0 Å². The van der Waals surface area contributed by atoms with Crippen LogP contribution in [-0.4, -0.2) is 34.9 Å². The largest absolute Gasteiger partial charge is 0.365 e. The number of anilines is 1. The Bertz CT molecular complexity index is 675. The number of carbonyl (C=O) groups is 2. The van der Waals surface area contributed by atoms with Crippen LogP contribution in [-0.2, 0) is 6.42 Å². The summed E-state index contributed by atoms with van der Waals surface area (Å²) >= 11 is 2.92. The zero-order chi connectivity index (χ0) is 16.2. The standard InChI is InChI=1S/C15H18N4O2S2/c16-14(20)12-8-11(9-23-12)18-15(21)19-4-1-10(2-5-19)7-13-17-3-6-22-13/h3,6,8-10H,1-2,4-5,7H2,(H2,16,20)(H,18,21). The van der Waals surface area contributed by atoms with Gasteiger partial charge in [-0.15, -0.1) is 22.7 Å². The number of hydrogen-bond acceptors (Lipinski definition) is 5. The highest BCUT2D eigenvalue weighted by Crippen LogP contribution is 2.24. The Kier molecular flexibility index (Phi) is 4.92. The highest BCUT2D eigenvalue weighted by molar-refractivity contribution is 7.12. The predicted octanol–water partition coefficient (Wildman–Crippen LogP) is 2.79. The van der Waals surface area contributed by atoms with Gasteiger partial charge in [-0.25, -0.2) is 9.78 Å². The molecule has 3 rings (SSSR count). The van der Waals surface area contributed by atoms with Crippen LogP contribution in [0.25, 0.3) is 0 Å². The van der Waals surface area contributed by atoms with Crippen LogP contribution in [0.15, 0.2) is 23.0 Å². The van der Waals surface area contributed by atoms with Gasteiger partial charge in [-0.2, -0.15) is 0 Å². The third-order valence-corrected chi connectivity index (χ3v) is 5.69. The quantitative estimate of drug-likeness (QED) is 0.888. The maximum atomic E-state index is 12.3. The lowest BCUT2D eigenvalue weighted by Crippen LogP contribution is -2.41. The predicted molar refractivity (Wildman–Crippen MR) is 92.0 cm³/mol. The number of urea groups is 1. The molecule has 1 aliphatic rings. The van der Waals surface area contributed by atoms with Crippen molar-refractivity contribution in [2.24, 2.45) is 11.7 Å². The first-order valence-corrected chi connectivity index (χ1v) is 9.20. The van der Waals surface area contributed by atoms with Gasteiger partial charge >= 0.3 is 6.03 Å². The smallest absolute Gasteiger partial charge is 0.321 e. The molecular formula is C15H18N4O2S2. The van der Waals surface area contributed by atoms with Crippen molar-refractivity contribution in [3.05, 3.63) is 32.9 Å². The molecule has 0 bridgehead atoms. The van der Waals surface area contributed by atoms with E-state index >= 15 is 0 Å². The van der Waals surface area contributed by atoms with E-state index in [2.05, 4.69) is 10.3 Å². The number of thiazole rings is 1. The summed E-state index contributed by atoms with van der Waals surface area (Å²) in [6.45, 7) is 1.49. The van der Waals surface area contributed by atoms with Crippen LogP contribution in [0.2, 0.25) is 0 Å². The maximum Gasteiger partial charge on any atom is 0.321 e. The lowest BCUT2D eigenvalue weighted by Gasteiger charge is -2.31. The summed E-state index contributed by atoms with van der Waals surface area (Å²) in [7, 11) is 0. The van der Waals surface area contributed by atoms with E-state index < -0.39 is 5.91 Å². The maximum absolute atomic E-state index is 12.3. The Morgan fingerprint density at radius 2 is 2.13 bits per heavy atom. The van der Waals surface area contributed by atoms with Crippen molar-refractivity contribution in [3.63, 3.8) is 0 Å². The first kappa shape index (κ1) is 15.9. The first-order valence-electron chi connectivity index (χ1n) is 7.44. The number of nitrogens with zero attached hydrogens (tertiary/aromatic N) is 2. The number of primary amides is 1. The highest BCUT2D eigenvalue weighted by Gasteiger charge is 2.23. The highest BCUT2D eigenvalue weighted by atomic mass is 32.1. The Labute approximate surface area is 142 Å². The molecule has 3 heterocycles. The lowest BCUT2D eigenvalue weighted by molar-refractivity contribution is 0.100. The van der Waals surface area contributed by atoms with Gasteiger partial charge in [-0.1, -0.05) is 0 Å². The molecule has 23 heavy (non-hydrogen) atoms. The minimum Gasteiger partial charge on any atom is -0.365 e. The number of amides is 3. The molecule has 0 unspecified atom stereocenters. The summed E-state index contributed by atoms with van der Waals surface area (Å²) < 4.78 is 0. The third kappa shape index (κ3) is 4.08. The van der Waals surface area contributed by atoms with Gasteiger partial charge < -0.3 is 16.0 Å². The minimum atomic E-state index is -0.474. The van der Waals surface area contributed by atoms with Crippen molar-refractivity contribution in [3.8, 4) is 0 Å². The summed E-state index contributed by atoms with van der Waals surface area (Å²) in [5, 5.41) is 7.73. The van der Waals surface area contributed by atoms with E-state index in [1.807, 2.05) is 16.5 Å². The summed E-state index contributed by atoms with van der Waals surface area (Å²) in [5.74, 6) is 0.117. The van der Waals surface area contributed by atoms with E-state index in [0.717, 1.165) is 32.4 Å². The number of carbonyl (C=O) groups excluding carboxylic acids is 2. The average Bonchev–Trinajstić information content (AvgIpc) is 3.19. The van der Waals surface area contributed by atoms with E-state index in [-0.39, 0.29) is 6.03 Å². The number of aromatic nitrogens is 1. The van der Waals surface area contributed by atoms with Gasteiger partial charge in [-0.3, -0.25) is 4.79 Å². The van der Waals surface area contributed by atoms with Gasteiger partial charge in [0.25, 0.3) is 5.91 Å². The van der Waals surface area contributed by atoms with Crippen LogP contribution < -0.4 is 11.1 Å². The molecule has 0 aliphatic carbocycles. The van der Waals surface area contributed by atoms with Crippen molar-refractivity contribution < 1.29 is 9.59 Å². The molecule has 0 aromatic carbocycles. The molecule has 0 spiro atoms. The fraction of sp³-hybridized carbons (Fsp3) is 0.400. The van der Waals surface area contributed by atoms with Crippen LogP contribution in [0.3, 0.4) is 0 Å². The van der Waals surface area contributed by atoms with Crippen molar-refractivity contribution in [1.82, 2.24) is 9.88 Å². The molecule has 2 aromatic heterocycles. The summed E-state index contributed by atoms with van der Waals surface area (Å²) in [5.41, 5.74) is 5.84. The summed E-state index contributed by atoms with van der Waals surface area (Å²) in [4.78, 5) is 29.9. The molecular weight excluding hydrogens is 332 g/mol. The number of nitrogens with one attached hydrogen (secondary N) is 1. The Balaban J connectivity index is 1.48. The average molecular weight is 350 g/mol. The van der Waals surface area contributed by atoms with Gasteiger partial charge in [0.05, 0.1) is 15.6 Å². The monoisotopic (exact) mass is 350 g/mol. The van der Waals surface area contributed by atoms with Crippen LogP contribution in [0, 0.1) is 5.92 Å². The van der Waals surface area contributed by atoms with Gasteiger partial charge in [0, 0.05) is 36.5 Å². The molecule has 0 radical (unpaired) electrons. The zero-order valence-electron chi connectivity index (χ0n) is 12.5. The number of rotatable bonds is 4. The number of piperidine rings is 1. The second-order valence-corrected chi connectivity index (χ2v) is 7.44. The van der Waals surface area contributed by atoms with Crippen LogP contribution >= 0.6 is 22.7 Å².